The molecule has 1 aliphatic rings. The largest absolute Gasteiger partial charge is 0.378 e. The number of fused-ring (bicyclic) bond motifs is 1. The molecule has 1 aliphatic heterocycles. The van der Waals surface area contributed by atoms with Gasteiger partial charge in [0.1, 0.15) is 0 Å². The molecule has 4 rings (SSSR count). The number of benzene rings is 2. The number of hydrogen-bond acceptors (Lipinski definition) is 4. The van der Waals surface area contributed by atoms with Crippen molar-refractivity contribution in [3.63, 3.8) is 0 Å². The van der Waals surface area contributed by atoms with Crippen LogP contribution in [0.5, 0.6) is 0 Å². The number of H-pyrrole nitrogens is 1. The number of morpholine rings is 1. The minimum absolute atomic E-state index is 0.103. The van der Waals surface area contributed by atoms with Crippen molar-refractivity contribution in [2.75, 3.05) is 36.5 Å². The van der Waals surface area contributed by atoms with Crippen molar-refractivity contribution in [1.82, 2.24) is 4.98 Å². The predicted octanol–water partition coefficient (Wildman–Crippen LogP) is 4.30. The molecule has 0 spiro atoms. The first kappa shape index (κ1) is 18.6. The average Bonchev–Trinajstić information content (AvgIpc) is 3.05. The molecule has 28 heavy (non-hydrogen) atoms. The third-order valence-corrected chi connectivity index (χ3v) is 5.49. The van der Waals surface area contributed by atoms with E-state index in [0.29, 0.717) is 0 Å². The standard InChI is InChI=1S/C23H27N3O2/c1-15-14-18(26-10-12-28-13-11-26)8-9-20(15)25-17(3)23(27)22-16(2)24-21-7-5-4-6-19(21)22/h4-9,14,17,24-25H,10-13H2,1-3H3/t17-/m0/s1. The monoisotopic (exact) mass is 377 g/mol. The van der Waals surface area contributed by atoms with Gasteiger partial charge in [-0.3, -0.25) is 4.79 Å². The van der Waals surface area contributed by atoms with Gasteiger partial charge < -0.3 is 19.9 Å². The third kappa shape index (κ3) is 3.50. The van der Waals surface area contributed by atoms with E-state index in [2.05, 4.69) is 40.3 Å². The van der Waals surface area contributed by atoms with E-state index in [1.54, 1.807) is 0 Å². The van der Waals surface area contributed by atoms with Crippen LogP contribution in [-0.4, -0.2) is 43.1 Å². The Kier molecular flexibility index (Phi) is 5.09. The Balaban J connectivity index is 1.53. The van der Waals surface area contributed by atoms with Gasteiger partial charge >= 0.3 is 0 Å². The fourth-order valence-electron chi connectivity index (χ4n) is 3.94. The number of nitrogens with one attached hydrogen (secondary N) is 2. The van der Waals surface area contributed by atoms with E-state index in [9.17, 15) is 4.79 Å². The van der Waals surface area contributed by atoms with Crippen molar-refractivity contribution in [3.05, 3.63) is 59.3 Å². The molecule has 2 heterocycles. The van der Waals surface area contributed by atoms with Crippen molar-refractivity contribution >= 4 is 28.1 Å². The second-order valence-electron chi connectivity index (χ2n) is 7.50. The van der Waals surface area contributed by atoms with E-state index in [4.69, 9.17) is 4.74 Å². The second kappa shape index (κ2) is 7.68. The van der Waals surface area contributed by atoms with Gasteiger partial charge in [-0.1, -0.05) is 18.2 Å². The minimum Gasteiger partial charge on any atom is -0.378 e. The van der Waals surface area contributed by atoms with Crippen LogP contribution in [0, 0.1) is 13.8 Å². The zero-order valence-electron chi connectivity index (χ0n) is 16.7. The van der Waals surface area contributed by atoms with E-state index < -0.39 is 0 Å². The molecule has 1 aromatic heterocycles. The molecule has 0 unspecified atom stereocenters. The summed E-state index contributed by atoms with van der Waals surface area (Å²) in [5.74, 6) is 0.103. The van der Waals surface area contributed by atoms with Crippen molar-refractivity contribution < 1.29 is 9.53 Å². The van der Waals surface area contributed by atoms with Crippen LogP contribution in [0.1, 0.15) is 28.5 Å². The Morgan fingerprint density at radius 2 is 1.89 bits per heavy atom. The number of ether oxygens (including phenoxy) is 1. The number of carbonyl (C=O) groups excluding carboxylic acids is 1. The topological polar surface area (TPSA) is 57.4 Å². The maximum atomic E-state index is 13.2. The summed E-state index contributed by atoms with van der Waals surface area (Å²) < 4.78 is 5.44. The molecule has 0 amide bonds. The lowest BCUT2D eigenvalue weighted by Crippen LogP contribution is -2.36. The van der Waals surface area contributed by atoms with Crippen LogP contribution < -0.4 is 10.2 Å². The number of nitrogens with zero attached hydrogens (tertiary/aromatic N) is 1. The number of rotatable bonds is 5. The summed E-state index contributed by atoms with van der Waals surface area (Å²) in [6.07, 6.45) is 0. The summed E-state index contributed by atoms with van der Waals surface area (Å²) in [4.78, 5) is 18.8. The number of anilines is 2. The summed E-state index contributed by atoms with van der Waals surface area (Å²) >= 11 is 0. The number of Topliss-reactive ketones (excluding diaryl/α,β-unsaturated/α-hetero) is 1. The van der Waals surface area contributed by atoms with Gasteiger partial charge in [0.25, 0.3) is 0 Å². The fraction of sp³-hybridized carbons (Fsp3) is 0.348. The molecule has 0 saturated carbocycles. The quantitative estimate of drug-likeness (QED) is 0.651. The molecular weight excluding hydrogens is 350 g/mol. The van der Waals surface area contributed by atoms with E-state index in [1.807, 2.05) is 38.1 Å². The number of ketones is 1. The number of aromatic nitrogens is 1. The van der Waals surface area contributed by atoms with Gasteiger partial charge in [0.15, 0.2) is 5.78 Å². The summed E-state index contributed by atoms with van der Waals surface area (Å²) in [6, 6.07) is 14.0. The van der Waals surface area contributed by atoms with Gasteiger partial charge in [-0.15, -0.1) is 0 Å². The first-order valence-electron chi connectivity index (χ1n) is 9.86. The van der Waals surface area contributed by atoms with E-state index in [-0.39, 0.29) is 11.8 Å². The smallest absolute Gasteiger partial charge is 0.187 e. The third-order valence-electron chi connectivity index (χ3n) is 5.49. The lowest BCUT2D eigenvalue weighted by molar-refractivity contribution is 0.0976. The van der Waals surface area contributed by atoms with E-state index in [1.165, 1.54) is 5.69 Å². The molecular formula is C23H27N3O2. The molecule has 1 fully saturated rings. The highest BCUT2D eigenvalue weighted by molar-refractivity contribution is 6.12. The van der Waals surface area contributed by atoms with Crippen molar-refractivity contribution in [2.45, 2.75) is 26.8 Å². The van der Waals surface area contributed by atoms with Crippen molar-refractivity contribution in [1.29, 1.82) is 0 Å². The number of hydrogen-bond donors (Lipinski definition) is 2. The van der Waals surface area contributed by atoms with Crippen LogP contribution in [0.15, 0.2) is 42.5 Å². The number of aryl methyl sites for hydroxylation is 2. The fourth-order valence-corrected chi connectivity index (χ4v) is 3.94. The minimum atomic E-state index is -0.314. The van der Waals surface area contributed by atoms with Gasteiger partial charge in [-0.2, -0.15) is 0 Å². The molecule has 1 atom stereocenters. The Hall–Kier alpha value is -2.79. The maximum absolute atomic E-state index is 13.2. The van der Waals surface area contributed by atoms with Crippen LogP contribution in [0.2, 0.25) is 0 Å². The van der Waals surface area contributed by atoms with Crippen molar-refractivity contribution in [3.8, 4) is 0 Å². The number of para-hydroxylation sites is 1. The highest BCUT2D eigenvalue weighted by atomic mass is 16.5. The van der Waals surface area contributed by atoms with Crippen LogP contribution in [0.25, 0.3) is 10.9 Å². The highest BCUT2D eigenvalue weighted by Gasteiger charge is 2.22. The molecule has 0 bridgehead atoms. The average molecular weight is 377 g/mol. The summed E-state index contributed by atoms with van der Waals surface area (Å²) in [5.41, 5.74) is 6.03. The van der Waals surface area contributed by atoms with Crippen molar-refractivity contribution in [2.24, 2.45) is 0 Å². The zero-order chi connectivity index (χ0) is 19.7. The van der Waals surface area contributed by atoms with Crippen LogP contribution in [0.3, 0.4) is 0 Å². The molecule has 5 heteroatoms. The molecule has 0 aliphatic carbocycles. The lowest BCUT2D eigenvalue weighted by Gasteiger charge is -2.29. The van der Waals surface area contributed by atoms with Crippen LogP contribution in [-0.2, 0) is 4.74 Å². The number of carbonyl (C=O) groups is 1. The first-order valence-corrected chi connectivity index (χ1v) is 9.86. The predicted molar refractivity (Wildman–Crippen MR) is 115 cm³/mol. The van der Waals surface area contributed by atoms with Gasteiger partial charge in [0.2, 0.25) is 0 Å². The zero-order valence-corrected chi connectivity index (χ0v) is 16.7. The van der Waals surface area contributed by atoms with Crippen LogP contribution >= 0.6 is 0 Å². The normalized spacial score (nSPS) is 15.6. The molecule has 3 aromatic rings. The molecule has 1 saturated heterocycles. The van der Waals surface area contributed by atoms with Gasteiger partial charge in [-0.25, -0.2) is 0 Å². The Morgan fingerprint density at radius 3 is 2.64 bits per heavy atom. The number of aromatic amines is 1. The SMILES string of the molecule is Cc1cc(N2CCOCC2)ccc1N[C@@H](C)C(=O)c1c(C)[nH]c2ccccc12. The summed E-state index contributed by atoms with van der Waals surface area (Å²) in [6.45, 7) is 9.35. The van der Waals surface area contributed by atoms with Crippen LogP contribution in [0.4, 0.5) is 11.4 Å². The summed E-state index contributed by atoms with van der Waals surface area (Å²) in [7, 11) is 0. The molecule has 146 valence electrons. The van der Waals surface area contributed by atoms with E-state index >= 15 is 0 Å². The molecule has 0 radical (unpaired) electrons. The van der Waals surface area contributed by atoms with Gasteiger partial charge in [0.05, 0.1) is 19.3 Å². The molecule has 5 nitrogen and oxygen atoms in total. The summed E-state index contributed by atoms with van der Waals surface area (Å²) in [5, 5.41) is 4.40. The first-order chi connectivity index (χ1) is 13.5. The molecule has 2 N–H and O–H groups in total. The molecule has 2 aromatic carbocycles. The maximum Gasteiger partial charge on any atom is 0.187 e. The Bertz CT molecular complexity index is 1000. The lowest BCUT2D eigenvalue weighted by atomic mass is 10.0. The Morgan fingerprint density at radius 1 is 1.14 bits per heavy atom. The highest BCUT2D eigenvalue weighted by Crippen LogP contribution is 2.27. The van der Waals surface area contributed by atoms with E-state index in [0.717, 1.165) is 59.7 Å². The van der Waals surface area contributed by atoms with Gasteiger partial charge in [-0.05, 0) is 50.6 Å². The van der Waals surface area contributed by atoms with Gasteiger partial charge in [0, 0.05) is 46.6 Å². The Labute approximate surface area is 165 Å². The second-order valence-corrected chi connectivity index (χ2v) is 7.50.